The molecule has 1 aromatic carbocycles. The van der Waals surface area contributed by atoms with Crippen LogP contribution in [-0.4, -0.2) is 32.6 Å². The minimum Gasteiger partial charge on any atom is -0.493 e. The third-order valence-electron chi connectivity index (χ3n) is 3.66. The van der Waals surface area contributed by atoms with Crippen molar-refractivity contribution in [2.45, 2.75) is 19.4 Å². The normalized spacial score (nSPS) is 11.5. The molecule has 134 valence electrons. The fraction of sp³-hybridized carbons (Fsp3) is 0.333. The molecule has 0 saturated heterocycles. The van der Waals surface area contributed by atoms with E-state index in [4.69, 9.17) is 9.47 Å². The molecule has 0 saturated carbocycles. The monoisotopic (exact) mass is 362 g/mol. The number of carbonyl (C=O) groups excluding carboxylic acids is 2. The van der Waals surface area contributed by atoms with Crippen molar-refractivity contribution in [1.82, 2.24) is 10.6 Å². The van der Waals surface area contributed by atoms with Crippen LogP contribution in [0.3, 0.4) is 0 Å². The van der Waals surface area contributed by atoms with Gasteiger partial charge in [0, 0.05) is 17.5 Å². The molecule has 0 radical (unpaired) electrons. The lowest BCUT2D eigenvalue weighted by molar-refractivity contribution is -0.122. The van der Waals surface area contributed by atoms with Crippen molar-refractivity contribution in [3.63, 3.8) is 0 Å². The average molecular weight is 362 g/mol. The molecule has 0 aliphatic carbocycles. The van der Waals surface area contributed by atoms with Gasteiger partial charge in [0.1, 0.15) is 0 Å². The molecule has 0 fully saturated rings. The zero-order chi connectivity index (χ0) is 18.2. The van der Waals surface area contributed by atoms with E-state index < -0.39 is 0 Å². The highest BCUT2D eigenvalue weighted by Gasteiger charge is 2.17. The highest BCUT2D eigenvalue weighted by atomic mass is 32.1. The highest BCUT2D eigenvalue weighted by Crippen LogP contribution is 2.29. The smallest absolute Gasteiger partial charge is 0.257 e. The zero-order valence-corrected chi connectivity index (χ0v) is 15.3. The first-order valence-corrected chi connectivity index (χ1v) is 8.82. The van der Waals surface area contributed by atoms with Gasteiger partial charge >= 0.3 is 0 Å². The first kappa shape index (κ1) is 18.8. The summed E-state index contributed by atoms with van der Waals surface area (Å²) in [6.45, 7) is 1.91. The van der Waals surface area contributed by atoms with Crippen LogP contribution in [0.5, 0.6) is 11.5 Å². The molecule has 7 heteroatoms. The van der Waals surface area contributed by atoms with Gasteiger partial charge in [-0.15, -0.1) is 11.3 Å². The van der Waals surface area contributed by atoms with Crippen LogP contribution in [0.1, 0.15) is 34.6 Å². The van der Waals surface area contributed by atoms with Crippen molar-refractivity contribution < 1.29 is 19.1 Å². The van der Waals surface area contributed by atoms with Crippen LogP contribution >= 0.6 is 11.3 Å². The molecular formula is C18H22N2O4S. The number of likely N-dealkylation sites (N-methyl/N-ethyl adjacent to an activating group) is 1. The van der Waals surface area contributed by atoms with Crippen LogP contribution in [0.4, 0.5) is 0 Å². The number of ether oxygens (including phenoxy) is 2. The average Bonchev–Trinajstić information content (AvgIpc) is 3.18. The Morgan fingerprint density at radius 1 is 1.24 bits per heavy atom. The summed E-state index contributed by atoms with van der Waals surface area (Å²) in [5.74, 6) is 0.385. The molecule has 0 aliphatic heterocycles. The third-order valence-corrected chi connectivity index (χ3v) is 4.65. The van der Waals surface area contributed by atoms with Crippen LogP contribution in [0.15, 0.2) is 35.7 Å². The first-order chi connectivity index (χ1) is 12.1. The van der Waals surface area contributed by atoms with E-state index in [0.29, 0.717) is 17.1 Å². The second-order valence-electron chi connectivity index (χ2n) is 5.28. The number of carbonyl (C=O) groups is 2. The van der Waals surface area contributed by atoms with Gasteiger partial charge in [0.25, 0.3) is 11.8 Å². The minimum absolute atomic E-state index is 0.0253. The molecular weight excluding hydrogens is 340 g/mol. The van der Waals surface area contributed by atoms with E-state index >= 15 is 0 Å². The minimum atomic E-state index is -0.245. The van der Waals surface area contributed by atoms with Crippen molar-refractivity contribution in [2.24, 2.45) is 0 Å². The van der Waals surface area contributed by atoms with Crippen molar-refractivity contribution in [1.29, 1.82) is 0 Å². The van der Waals surface area contributed by atoms with E-state index in [0.717, 1.165) is 11.3 Å². The Balaban J connectivity index is 2.10. The summed E-state index contributed by atoms with van der Waals surface area (Å²) in [5, 5.41) is 7.49. The van der Waals surface area contributed by atoms with Crippen LogP contribution in [0, 0.1) is 0 Å². The number of rotatable bonds is 8. The molecule has 2 N–H and O–H groups in total. The van der Waals surface area contributed by atoms with Crippen LogP contribution < -0.4 is 20.1 Å². The largest absolute Gasteiger partial charge is 0.493 e. The maximum atomic E-state index is 12.5. The molecule has 6 nitrogen and oxygen atoms in total. The Morgan fingerprint density at radius 2 is 2.04 bits per heavy atom. The number of methoxy groups -OCH3 is 1. The summed E-state index contributed by atoms with van der Waals surface area (Å²) in [7, 11) is 3.03. The van der Waals surface area contributed by atoms with Gasteiger partial charge in [-0.3, -0.25) is 9.59 Å². The maximum absolute atomic E-state index is 12.5. The molecule has 2 aromatic rings. The number of hydrogen-bond acceptors (Lipinski definition) is 5. The molecule has 1 atom stereocenters. The fourth-order valence-corrected chi connectivity index (χ4v) is 3.11. The topological polar surface area (TPSA) is 76.7 Å². The molecule has 0 aliphatic rings. The molecule has 1 heterocycles. The Morgan fingerprint density at radius 3 is 2.64 bits per heavy atom. The lowest BCUT2D eigenvalue weighted by Crippen LogP contribution is -2.27. The second-order valence-corrected chi connectivity index (χ2v) is 6.26. The summed E-state index contributed by atoms with van der Waals surface area (Å²) >= 11 is 1.62. The van der Waals surface area contributed by atoms with Gasteiger partial charge in [0.05, 0.1) is 13.2 Å². The Kier molecular flexibility index (Phi) is 6.82. The lowest BCUT2D eigenvalue weighted by Gasteiger charge is -2.16. The number of benzene rings is 1. The van der Waals surface area contributed by atoms with Crippen LogP contribution in [0.2, 0.25) is 0 Å². The maximum Gasteiger partial charge on any atom is 0.257 e. The molecule has 0 spiro atoms. The van der Waals surface area contributed by atoms with E-state index in [-0.39, 0.29) is 24.5 Å². The van der Waals surface area contributed by atoms with Gasteiger partial charge in [-0.1, -0.05) is 13.0 Å². The van der Waals surface area contributed by atoms with Gasteiger partial charge < -0.3 is 20.1 Å². The zero-order valence-electron chi connectivity index (χ0n) is 14.5. The summed E-state index contributed by atoms with van der Waals surface area (Å²) in [6.07, 6.45) is 0.802. The van der Waals surface area contributed by atoms with E-state index in [1.165, 1.54) is 14.2 Å². The van der Waals surface area contributed by atoms with Crippen LogP contribution in [0.25, 0.3) is 0 Å². The number of hydrogen-bond donors (Lipinski definition) is 2. The van der Waals surface area contributed by atoms with Gasteiger partial charge in [-0.2, -0.15) is 0 Å². The molecule has 1 unspecified atom stereocenters. The summed E-state index contributed by atoms with van der Waals surface area (Å²) in [4.78, 5) is 24.9. The van der Waals surface area contributed by atoms with E-state index in [1.807, 2.05) is 24.4 Å². The second kappa shape index (κ2) is 9.08. The summed E-state index contributed by atoms with van der Waals surface area (Å²) in [6, 6.07) is 8.84. The number of nitrogens with one attached hydrogen (secondary N) is 2. The van der Waals surface area contributed by atoms with Gasteiger partial charge in [-0.25, -0.2) is 0 Å². The lowest BCUT2D eigenvalue weighted by atomic mass is 10.1. The predicted molar refractivity (Wildman–Crippen MR) is 97.4 cm³/mol. The van der Waals surface area contributed by atoms with Crippen molar-refractivity contribution >= 4 is 23.2 Å². The summed E-state index contributed by atoms with van der Waals surface area (Å²) < 4.78 is 10.7. The van der Waals surface area contributed by atoms with E-state index in [9.17, 15) is 9.59 Å². The van der Waals surface area contributed by atoms with Crippen molar-refractivity contribution in [3.05, 3.63) is 46.2 Å². The van der Waals surface area contributed by atoms with Gasteiger partial charge in [-0.05, 0) is 36.1 Å². The van der Waals surface area contributed by atoms with E-state index in [1.54, 1.807) is 29.5 Å². The molecule has 2 rings (SSSR count). The van der Waals surface area contributed by atoms with E-state index in [2.05, 4.69) is 10.6 Å². The first-order valence-electron chi connectivity index (χ1n) is 7.94. The SMILES string of the molecule is CCC(NC(=O)c1ccc(OCC(=O)NC)c(OC)c1)c1cccs1. The Labute approximate surface area is 151 Å². The van der Waals surface area contributed by atoms with Crippen molar-refractivity contribution in [3.8, 4) is 11.5 Å². The molecule has 1 aromatic heterocycles. The quantitative estimate of drug-likeness (QED) is 0.757. The van der Waals surface area contributed by atoms with Crippen molar-refractivity contribution in [2.75, 3.05) is 20.8 Å². The Bertz CT molecular complexity index is 716. The third kappa shape index (κ3) is 4.96. The number of thiophene rings is 1. The van der Waals surface area contributed by atoms with Gasteiger partial charge in [0.2, 0.25) is 0 Å². The fourth-order valence-electron chi connectivity index (χ4n) is 2.25. The Hall–Kier alpha value is -2.54. The molecule has 2 amide bonds. The van der Waals surface area contributed by atoms with Gasteiger partial charge in [0.15, 0.2) is 18.1 Å². The molecule has 0 bridgehead atoms. The summed E-state index contributed by atoms with van der Waals surface area (Å²) in [5.41, 5.74) is 0.471. The predicted octanol–water partition coefficient (Wildman–Crippen LogP) is 2.76. The highest BCUT2D eigenvalue weighted by molar-refractivity contribution is 7.10. The number of amides is 2. The standard InChI is InChI=1S/C18H22N2O4S/c1-4-13(16-6-5-9-25-16)20-18(22)12-7-8-14(15(10-12)23-3)24-11-17(21)19-2/h5-10,13H,4,11H2,1-3H3,(H,19,21)(H,20,22). The van der Waals surface area contributed by atoms with Crippen LogP contribution in [-0.2, 0) is 4.79 Å². The molecule has 25 heavy (non-hydrogen) atoms.